The average molecular weight is 144 g/mol. The van der Waals surface area contributed by atoms with Crippen molar-refractivity contribution in [2.75, 3.05) is 0 Å². The molecule has 58 valence electrons. The van der Waals surface area contributed by atoms with Gasteiger partial charge in [0.2, 0.25) is 5.91 Å². The molecule has 0 saturated heterocycles. The van der Waals surface area contributed by atoms with Gasteiger partial charge in [0.15, 0.2) is 0 Å². The third-order valence-corrected chi connectivity index (χ3v) is 1.14. The Hall–Kier alpha value is -0.900. The van der Waals surface area contributed by atoms with E-state index in [4.69, 9.17) is 11.5 Å². The zero-order valence-corrected chi connectivity index (χ0v) is 5.75. The van der Waals surface area contributed by atoms with E-state index >= 15 is 0 Å². The minimum atomic E-state index is -0.445. The number of hydrogen-bond acceptors (Lipinski definition) is 3. The highest BCUT2D eigenvalue weighted by Crippen LogP contribution is 1.95. The van der Waals surface area contributed by atoms with Crippen LogP contribution in [0, 0.1) is 0 Å². The summed E-state index contributed by atoms with van der Waals surface area (Å²) in [6.45, 7) is 0. The zero-order valence-electron chi connectivity index (χ0n) is 5.75. The van der Waals surface area contributed by atoms with Crippen LogP contribution in [0.5, 0.6) is 0 Å². The zero-order chi connectivity index (χ0) is 7.98. The van der Waals surface area contributed by atoms with E-state index in [0.29, 0.717) is 25.5 Å². The minimum Gasteiger partial charge on any atom is -0.370 e. The summed E-state index contributed by atoms with van der Waals surface area (Å²) in [7, 11) is 0. The Kier molecular flexibility index (Phi) is 4.49. The molecular formula is C6H12N2O2. The van der Waals surface area contributed by atoms with Crippen LogP contribution in [-0.2, 0) is 9.59 Å². The number of rotatable bonds is 5. The molecule has 0 heterocycles. The second-order valence-electron chi connectivity index (χ2n) is 2.16. The van der Waals surface area contributed by atoms with E-state index in [0.717, 1.165) is 0 Å². The Morgan fingerprint density at radius 1 is 1.60 bits per heavy atom. The van der Waals surface area contributed by atoms with Crippen LogP contribution in [0.15, 0.2) is 0 Å². The first-order valence-corrected chi connectivity index (χ1v) is 3.16. The summed E-state index contributed by atoms with van der Waals surface area (Å²) in [4.78, 5) is 20.1. The van der Waals surface area contributed by atoms with E-state index in [-0.39, 0.29) is 5.91 Å². The summed E-state index contributed by atoms with van der Waals surface area (Å²) in [5.41, 5.74) is 10.1. The molecule has 1 amide bonds. The van der Waals surface area contributed by atoms with Gasteiger partial charge in [0.25, 0.3) is 0 Å². The number of primary amides is 1. The van der Waals surface area contributed by atoms with E-state index < -0.39 is 6.04 Å². The SMILES string of the molecule is NC(=O)CCCC(N)C=O. The van der Waals surface area contributed by atoms with Gasteiger partial charge in [0.05, 0.1) is 6.04 Å². The normalized spacial score (nSPS) is 12.5. The Bertz CT molecular complexity index is 125. The Morgan fingerprint density at radius 3 is 2.60 bits per heavy atom. The summed E-state index contributed by atoms with van der Waals surface area (Å²) < 4.78 is 0. The fourth-order valence-corrected chi connectivity index (χ4v) is 0.580. The van der Waals surface area contributed by atoms with Crippen LogP contribution in [0.1, 0.15) is 19.3 Å². The van der Waals surface area contributed by atoms with Gasteiger partial charge in [0, 0.05) is 6.42 Å². The van der Waals surface area contributed by atoms with Crippen LogP contribution in [0.2, 0.25) is 0 Å². The molecule has 0 aliphatic carbocycles. The molecule has 0 bridgehead atoms. The van der Waals surface area contributed by atoms with Crippen LogP contribution >= 0.6 is 0 Å². The van der Waals surface area contributed by atoms with Crippen molar-refractivity contribution in [2.24, 2.45) is 11.5 Å². The monoisotopic (exact) mass is 144 g/mol. The molecule has 0 saturated carbocycles. The van der Waals surface area contributed by atoms with E-state index in [9.17, 15) is 9.59 Å². The van der Waals surface area contributed by atoms with Crippen molar-refractivity contribution >= 4 is 12.2 Å². The third-order valence-electron chi connectivity index (χ3n) is 1.14. The second kappa shape index (κ2) is 4.93. The number of carbonyl (C=O) groups excluding carboxylic acids is 2. The van der Waals surface area contributed by atoms with Crippen LogP contribution in [-0.4, -0.2) is 18.2 Å². The molecule has 1 unspecified atom stereocenters. The largest absolute Gasteiger partial charge is 0.370 e. The lowest BCUT2D eigenvalue weighted by molar-refractivity contribution is -0.118. The summed E-state index contributed by atoms with van der Waals surface area (Å²) in [6.07, 6.45) is 2.10. The molecule has 4 N–H and O–H groups in total. The van der Waals surface area contributed by atoms with Crippen molar-refractivity contribution in [1.82, 2.24) is 0 Å². The van der Waals surface area contributed by atoms with Crippen molar-refractivity contribution < 1.29 is 9.59 Å². The molecule has 0 radical (unpaired) electrons. The molecule has 0 aromatic carbocycles. The van der Waals surface area contributed by atoms with Crippen LogP contribution < -0.4 is 11.5 Å². The maximum absolute atomic E-state index is 10.2. The molecule has 0 aliphatic heterocycles. The van der Waals surface area contributed by atoms with Crippen LogP contribution in [0.3, 0.4) is 0 Å². The Balaban J connectivity index is 3.19. The molecule has 1 atom stereocenters. The highest BCUT2D eigenvalue weighted by molar-refractivity contribution is 5.73. The number of carbonyl (C=O) groups is 2. The van der Waals surface area contributed by atoms with E-state index in [1.165, 1.54) is 0 Å². The van der Waals surface area contributed by atoms with E-state index in [2.05, 4.69) is 0 Å². The summed E-state index contributed by atoms with van der Waals surface area (Å²) in [5.74, 6) is -0.349. The minimum absolute atomic E-state index is 0.307. The highest BCUT2D eigenvalue weighted by Gasteiger charge is 2.00. The highest BCUT2D eigenvalue weighted by atomic mass is 16.1. The van der Waals surface area contributed by atoms with E-state index in [1.807, 2.05) is 0 Å². The first kappa shape index (κ1) is 9.10. The maximum atomic E-state index is 10.2. The van der Waals surface area contributed by atoms with Crippen LogP contribution in [0.25, 0.3) is 0 Å². The molecule has 0 rings (SSSR count). The lowest BCUT2D eigenvalue weighted by Crippen LogP contribution is -2.22. The first-order valence-electron chi connectivity index (χ1n) is 3.16. The fourth-order valence-electron chi connectivity index (χ4n) is 0.580. The third kappa shape index (κ3) is 5.24. The first-order chi connectivity index (χ1) is 4.66. The van der Waals surface area contributed by atoms with Crippen molar-refractivity contribution in [1.29, 1.82) is 0 Å². The Morgan fingerprint density at radius 2 is 2.20 bits per heavy atom. The second-order valence-corrected chi connectivity index (χ2v) is 2.16. The van der Waals surface area contributed by atoms with Crippen molar-refractivity contribution in [2.45, 2.75) is 25.3 Å². The number of nitrogens with two attached hydrogens (primary N) is 2. The van der Waals surface area contributed by atoms with Crippen LogP contribution in [0.4, 0.5) is 0 Å². The summed E-state index contributed by atoms with van der Waals surface area (Å²) >= 11 is 0. The van der Waals surface area contributed by atoms with Crippen molar-refractivity contribution in [3.8, 4) is 0 Å². The molecule has 0 aromatic rings. The number of hydrogen-bond donors (Lipinski definition) is 2. The molecule has 0 aromatic heterocycles. The quantitative estimate of drug-likeness (QED) is 0.494. The number of aldehydes is 1. The van der Waals surface area contributed by atoms with Gasteiger partial charge in [-0.3, -0.25) is 4.79 Å². The molecule has 0 fully saturated rings. The molecule has 0 aliphatic rings. The molecule has 0 spiro atoms. The van der Waals surface area contributed by atoms with E-state index in [1.54, 1.807) is 0 Å². The average Bonchev–Trinajstić information content (AvgIpc) is 1.87. The van der Waals surface area contributed by atoms with Gasteiger partial charge in [-0.15, -0.1) is 0 Å². The summed E-state index contributed by atoms with van der Waals surface area (Å²) in [6, 6.07) is -0.445. The molecular weight excluding hydrogens is 132 g/mol. The van der Waals surface area contributed by atoms with Gasteiger partial charge in [-0.2, -0.15) is 0 Å². The predicted molar refractivity (Wildman–Crippen MR) is 37.1 cm³/mol. The predicted octanol–water partition coefficient (Wildman–Crippen LogP) is -0.832. The van der Waals surface area contributed by atoms with Gasteiger partial charge in [-0.1, -0.05) is 0 Å². The van der Waals surface area contributed by atoms with Gasteiger partial charge in [-0.05, 0) is 12.8 Å². The maximum Gasteiger partial charge on any atom is 0.217 e. The molecule has 4 heteroatoms. The van der Waals surface area contributed by atoms with Gasteiger partial charge >= 0.3 is 0 Å². The standard InChI is InChI=1S/C6H12N2O2/c7-5(4-9)2-1-3-6(8)10/h4-5H,1-3,7H2,(H2,8,10). The fraction of sp³-hybridized carbons (Fsp3) is 0.667. The van der Waals surface area contributed by atoms with Gasteiger partial charge in [-0.25, -0.2) is 0 Å². The molecule has 4 nitrogen and oxygen atoms in total. The van der Waals surface area contributed by atoms with Crippen molar-refractivity contribution in [3.63, 3.8) is 0 Å². The number of amides is 1. The lowest BCUT2D eigenvalue weighted by Gasteiger charge is -1.99. The smallest absolute Gasteiger partial charge is 0.217 e. The Labute approximate surface area is 59.6 Å². The van der Waals surface area contributed by atoms with Gasteiger partial charge < -0.3 is 16.3 Å². The summed E-state index contributed by atoms with van der Waals surface area (Å²) in [5, 5.41) is 0. The van der Waals surface area contributed by atoms with Crippen molar-refractivity contribution in [3.05, 3.63) is 0 Å². The molecule has 10 heavy (non-hydrogen) atoms. The lowest BCUT2D eigenvalue weighted by atomic mass is 10.1. The van der Waals surface area contributed by atoms with Gasteiger partial charge in [0.1, 0.15) is 6.29 Å². The topological polar surface area (TPSA) is 86.2 Å².